The predicted octanol–water partition coefficient (Wildman–Crippen LogP) is 3.57. The zero-order chi connectivity index (χ0) is 13.8. The highest BCUT2D eigenvalue weighted by molar-refractivity contribution is 6.31. The molecule has 0 unspecified atom stereocenters. The van der Waals surface area contributed by atoms with E-state index in [0.29, 0.717) is 5.69 Å². The molecule has 0 radical (unpaired) electrons. The second kappa shape index (κ2) is 3.80. The summed E-state index contributed by atoms with van der Waals surface area (Å²) in [6, 6.07) is 2.41. The van der Waals surface area contributed by atoms with Crippen LogP contribution in [0.5, 0.6) is 6.01 Å². The highest BCUT2D eigenvalue weighted by atomic mass is 35.5. The third kappa shape index (κ3) is 1.81. The molecule has 0 aliphatic carbocycles. The maximum absolute atomic E-state index is 12.8. The number of aromatic nitrogens is 2. The van der Waals surface area contributed by atoms with Crippen LogP contribution in [0.15, 0.2) is 18.3 Å². The summed E-state index contributed by atoms with van der Waals surface area (Å²) in [5.74, 6) is 0. The van der Waals surface area contributed by atoms with Crippen molar-refractivity contribution in [3.63, 3.8) is 0 Å². The number of nitrogens with zero attached hydrogens (tertiary/aromatic N) is 2. The fourth-order valence-corrected chi connectivity index (χ4v) is 2.19. The standard InChI is InChI=1S/C11H7ClF3N3O/c1-5-4-16-10-18(5)9-3-7(12)6(11(13,14)15)2-8(9)17-19-10/h2-4,17H,1H3. The molecule has 4 nitrogen and oxygen atoms in total. The first-order chi connectivity index (χ1) is 8.88. The van der Waals surface area contributed by atoms with Crippen molar-refractivity contribution in [2.24, 2.45) is 0 Å². The molecule has 0 bridgehead atoms. The Labute approximate surface area is 110 Å². The van der Waals surface area contributed by atoms with Gasteiger partial charge in [0.2, 0.25) is 0 Å². The number of benzene rings is 1. The lowest BCUT2D eigenvalue weighted by Crippen LogP contribution is -2.19. The van der Waals surface area contributed by atoms with E-state index in [1.807, 2.05) is 0 Å². The van der Waals surface area contributed by atoms with Gasteiger partial charge in [0, 0.05) is 5.69 Å². The zero-order valence-corrected chi connectivity index (χ0v) is 10.3. The number of alkyl halides is 3. The molecule has 19 heavy (non-hydrogen) atoms. The molecule has 1 N–H and O–H groups in total. The molecule has 2 heterocycles. The SMILES string of the molecule is Cc1cnc2n1-c1cc(Cl)c(C(F)(F)F)cc1NO2. The van der Waals surface area contributed by atoms with Crippen molar-refractivity contribution >= 4 is 17.3 Å². The van der Waals surface area contributed by atoms with Gasteiger partial charge in [-0.25, -0.2) is 10.5 Å². The van der Waals surface area contributed by atoms with Crippen LogP contribution in [0.1, 0.15) is 11.3 Å². The Hall–Kier alpha value is -1.89. The van der Waals surface area contributed by atoms with Crippen molar-refractivity contribution in [3.05, 3.63) is 34.6 Å². The van der Waals surface area contributed by atoms with Gasteiger partial charge in [0.15, 0.2) is 0 Å². The molecule has 0 spiro atoms. The quantitative estimate of drug-likeness (QED) is 0.806. The molecule has 0 saturated carbocycles. The van der Waals surface area contributed by atoms with E-state index in [-0.39, 0.29) is 16.7 Å². The van der Waals surface area contributed by atoms with Crippen LogP contribution in [0.3, 0.4) is 0 Å². The highest BCUT2D eigenvalue weighted by Crippen LogP contribution is 2.41. The lowest BCUT2D eigenvalue weighted by atomic mass is 10.1. The van der Waals surface area contributed by atoms with E-state index >= 15 is 0 Å². The van der Waals surface area contributed by atoms with Gasteiger partial charge in [-0.2, -0.15) is 13.2 Å². The van der Waals surface area contributed by atoms with Gasteiger partial charge in [-0.15, -0.1) is 0 Å². The first-order valence-electron chi connectivity index (χ1n) is 5.26. The molecule has 8 heteroatoms. The molecule has 0 fully saturated rings. The van der Waals surface area contributed by atoms with E-state index in [1.54, 1.807) is 17.7 Å². The first-order valence-corrected chi connectivity index (χ1v) is 5.64. The topological polar surface area (TPSA) is 39.1 Å². The van der Waals surface area contributed by atoms with Crippen LogP contribution in [0.25, 0.3) is 5.69 Å². The van der Waals surface area contributed by atoms with Crippen molar-refractivity contribution in [3.8, 4) is 11.7 Å². The molecular formula is C11H7ClF3N3O. The van der Waals surface area contributed by atoms with E-state index in [2.05, 4.69) is 10.5 Å². The zero-order valence-electron chi connectivity index (χ0n) is 9.55. The summed E-state index contributed by atoms with van der Waals surface area (Å²) in [5, 5.41) is -0.367. The summed E-state index contributed by atoms with van der Waals surface area (Å²) in [4.78, 5) is 9.04. The van der Waals surface area contributed by atoms with Crippen molar-refractivity contribution < 1.29 is 18.0 Å². The van der Waals surface area contributed by atoms with E-state index < -0.39 is 11.7 Å². The second-order valence-corrected chi connectivity index (χ2v) is 4.48. The van der Waals surface area contributed by atoms with E-state index in [9.17, 15) is 13.2 Å². The third-order valence-electron chi connectivity index (χ3n) is 2.79. The van der Waals surface area contributed by atoms with Crippen molar-refractivity contribution in [2.45, 2.75) is 13.1 Å². The van der Waals surface area contributed by atoms with Gasteiger partial charge in [0.05, 0.1) is 28.2 Å². The molecule has 0 atom stereocenters. The lowest BCUT2D eigenvalue weighted by molar-refractivity contribution is -0.137. The summed E-state index contributed by atoms with van der Waals surface area (Å²) >= 11 is 5.71. The maximum atomic E-state index is 12.8. The Bertz CT molecular complexity index is 666. The van der Waals surface area contributed by atoms with Crippen molar-refractivity contribution in [1.29, 1.82) is 0 Å². The average molecular weight is 290 g/mol. The third-order valence-corrected chi connectivity index (χ3v) is 3.10. The molecule has 3 rings (SSSR count). The minimum absolute atomic E-state index is 0.185. The van der Waals surface area contributed by atoms with Gasteiger partial charge in [0.25, 0.3) is 0 Å². The smallest absolute Gasteiger partial charge is 0.341 e. The number of rotatable bonds is 0. The fraction of sp³-hybridized carbons (Fsp3) is 0.182. The van der Waals surface area contributed by atoms with Gasteiger partial charge >= 0.3 is 12.2 Å². The van der Waals surface area contributed by atoms with Crippen molar-refractivity contribution in [1.82, 2.24) is 9.55 Å². The average Bonchev–Trinajstić information content (AvgIpc) is 2.69. The second-order valence-electron chi connectivity index (χ2n) is 4.07. The molecule has 0 saturated heterocycles. The van der Waals surface area contributed by atoms with Crippen LogP contribution in [0, 0.1) is 6.92 Å². The normalized spacial score (nSPS) is 13.3. The highest BCUT2D eigenvalue weighted by Gasteiger charge is 2.35. The van der Waals surface area contributed by atoms with Gasteiger partial charge < -0.3 is 4.84 Å². The van der Waals surface area contributed by atoms with Crippen LogP contribution in [-0.2, 0) is 6.18 Å². The number of anilines is 1. The minimum atomic E-state index is -4.52. The van der Waals surface area contributed by atoms with Gasteiger partial charge in [-0.3, -0.25) is 4.57 Å². The Balaban J connectivity index is 2.24. The molecule has 1 aliphatic rings. The number of hydrogen-bond donors (Lipinski definition) is 1. The minimum Gasteiger partial charge on any atom is -0.341 e. The number of halogens is 4. The largest absolute Gasteiger partial charge is 0.417 e. The van der Waals surface area contributed by atoms with Crippen LogP contribution < -0.4 is 10.3 Å². The summed E-state index contributed by atoms with van der Waals surface area (Å²) < 4.78 is 39.9. The molecule has 1 aliphatic heterocycles. The Kier molecular flexibility index (Phi) is 2.43. The summed E-state index contributed by atoms with van der Waals surface area (Å²) in [5.41, 5.74) is 2.90. The molecule has 100 valence electrons. The number of fused-ring (bicyclic) bond motifs is 3. The maximum Gasteiger partial charge on any atom is 0.417 e. The summed E-state index contributed by atoms with van der Waals surface area (Å²) in [6.07, 6.45) is -2.96. The Morgan fingerprint density at radius 3 is 2.79 bits per heavy atom. The molecule has 1 aromatic heterocycles. The monoisotopic (exact) mass is 289 g/mol. The first kappa shape index (κ1) is 12.2. The molecule has 2 aromatic rings. The van der Waals surface area contributed by atoms with Crippen molar-refractivity contribution in [2.75, 3.05) is 5.48 Å². The number of hydrogen-bond acceptors (Lipinski definition) is 3. The Morgan fingerprint density at radius 2 is 2.11 bits per heavy atom. The fourth-order valence-electron chi connectivity index (χ4n) is 1.93. The number of aryl methyl sites for hydroxylation is 1. The predicted molar refractivity (Wildman–Crippen MR) is 62.6 cm³/mol. The van der Waals surface area contributed by atoms with Gasteiger partial charge in [-0.1, -0.05) is 11.6 Å². The van der Waals surface area contributed by atoms with Gasteiger partial charge in [-0.05, 0) is 19.1 Å². The molecular weight excluding hydrogens is 283 g/mol. The van der Waals surface area contributed by atoms with Crippen LogP contribution in [-0.4, -0.2) is 9.55 Å². The number of nitrogens with one attached hydrogen (secondary N) is 1. The van der Waals surface area contributed by atoms with Gasteiger partial charge in [0.1, 0.15) is 0 Å². The van der Waals surface area contributed by atoms with E-state index in [0.717, 1.165) is 11.8 Å². The van der Waals surface area contributed by atoms with Crippen LogP contribution >= 0.6 is 11.6 Å². The van der Waals surface area contributed by atoms with E-state index in [4.69, 9.17) is 16.4 Å². The summed E-state index contributed by atoms with van der Waals surface area (Å²) in [7, 11) is 0. The molecule has 0 amide bonds. The van der Waals surface area contributed by atoms with Crippen LogP contribution in [0.2, 0.25) is 5.02 Å². The number of imidazole rings is 1. The molecule has 1 aromatic carbocycles. The Morgan fingerprint density at radius 1 is 1.37 bits per heavy atom. The van der Waals surface area contributed by atoms with E-state index in [1.165, 1.54) is 6.07 Å². The lowest BCUT2D eigenvalue weighted by Gasteiger charge is -2.22. The van der Waals surface area contributed by atoms with Crippen LogP contribution in [0.4, 0.5) is 18.9 Å². The summed E-state index contributed by atoms with van der Waals surface area (Å²) in [6.45, 7) is 1.76.